The minimum absolute atomic E-state index is 0.222. The number of hydrogen-bond donors (Lipinski definition) is 0. The molecule has 3 heteroatoms. The summed E-state index contributed by atoms with van der Waals surface area (Å²) in [6.45, 7) is 6.66. The Hall–Kier alpha value is -1.35. The molecule has 2 rings (SSSR count). The Morgan fingerprint density at radius 3 is 2.50 bits per heavy atom. The van der Waals surface area contributed by atoms with Gasteiger partial charge < -0.3 is 4.74 Å². The highest BCUT2D eigenvalue weighted by Gasteiger charge is 2.18. The molecule has 1 heterocycles. The monoisotopic (exact) mass is 247 g/mol. The van der Waals surface area contributed by atoms with Crippen molar-refractivity contribution < 1.29 is 9.53 Å². The predicted molar refractivity (Wildman–Crippen MR) is 72.5 cm³/mol. The quantitative estimate of drug-likeness (QED) is 0.766. The lowest BCUT2D eigenvalue weighted by Crippen LogP contribution is -2.27. The van der Waals surface area contributed by atoms with Crippen molar-refractivity contribution in [1.82, 2.24) is 4.90 Å². The Balaban J connectivity index is 2.17. The van der Waals surface area contributed by atoms with Crippen molar-refractivity contribution in [3.05, 3.63) is 28.8 Å². The molecule has 1 aliphatic heterocycles. The van der Waals surface area contributed by atoms with Gasteiger partial charge >= 0.3 is 0 Å². The number of benzene rings is 1. The molecule has 1 fully saturated rings. The van der Waals surface area contributed by atoms with Gasteiger partial charge in [0.15, 0.2) is 5.78 Å². The summed E-state index contributed by atoms with van der Waals surface area (Å²) in [5.74, 6) is 1.07. The van der Waals surface area contributed by atoms with Crippen molar-refractivity contribution in [1.29, 1.82) is 0 Å². The van der Waals surface area contributed by atoms with E-state index in [1.165, 1.54) is 12.8 Å². The topological polar surface area (TPSA) is 29.5 Å². The molecule has 0 aliphatic carbocycles. The van der Waals surface area contributed by atoms with Crippen LogP contribution in [0.1, 0.15) is 34.3 Å². The smallest absolute Gasteiger partial charge is 0.177 e. The zero-order valence-electron chi connectivity index (χ0n) is 11.5. The molecule has 3 nitrogen and oxygen atoms in total. The normalized spacial score (nSPS) is 15.9. The van der Waals surface area contributed by atoms with Gasteiger partial charge in [-0.2, -0.15) is 0 Å². The summed E-state index contributed by atoms with van der Waals surface area (Å²) in [4.78, 5) is 14.5. The van der Waals surface area contributed by atoms with Crippen LogP contribution in [0.2, 0.25) is 0 Å². The molecule has 0 spiro atoms. The Labute approximate surface area is 109 Å². The lowest BCUT2D eigenvalue weighted by molar-refractivity contribution is 0.0944. The molecule has 0 saturated carbocycles. The minimum Gasteiger partial charge on any atom is -0.496 e. The largest absolute Gasteiger partial charge is 0.496 e. The molecule has 0 aromatic heterocycles. The van der Waals surface area contributed by atoms with Gasteiger partial charge in [0.05, 0.1) is 13.7 Å². The van der Waals surface area contributed by atoms with Crippen LogP contribution in [-0.4, -0.2) is 37.4 Å². The zero-order valence-corrected chi connectivity index (χ0v) is 11.5. The third-order valence-electron chi connectivity index (χ3n) is 3.82. The van der Waals surface area contributed by atoms with E-state index < -0.39 is 0 Å². The van der Waals surface area contributed by atoms with Crippen molar-refractivity contribution >= 4 is 5.78 Å². The van der Waals surface area contributed by atoms with Gasteiger partial charge in [0, 0.05) is 5.56 Å². The van der Waals surface area contributed by atoms with Crippen molar-refractivity contribution in [2.45, 2.75) is 26.7 Å². The Morgan fingerprint density at radius 2 is 1.89 bits per heavy atom. The summed E-state index contributed by atoms with van der Waals surface area (Å²) in [6.07, 6.45) is 2.43. The van der Waals surface area contributed by atoms with Crippen LogP contribution in [-0.2, 0) is 0 Å². The van der Waals surface area contributed by atoms with Gasteiger partial charge in [-0.05, 0) is 63.0 Å². The number of Topliss-reactive ketones (excluding diaryl/α,β-unsaturated/α-hetero) is 1. The molecule has 0 bridgehead atoms. The number of carbonyl (C=O) groups excluding carboxylic acids is 1. The number of nitrogens with zero attached hydrogens (tertiary/aromatic N) is 1. The number of ether oxygens (including phenoxy) is 1. The highest BCUT2D eigenvalue weighted by Crippen LogP contribution is 2.24. The van der Waals surface area contributed by atoms with E-state index in [9.17, 15) is 4.79 Å². The highest BCUT2D eigenvalue weighted by atomic mass is 16.5. The van der Waals surface area contributed by atoms with Crippen LogP contribution in [0, 0.1) is 13.8 Å². The SMILES string of the molecule is COc1ccc(C(=O)CN2CCCC2)c(C)c1C. The van der Waals surface area contributed by atoms with E-state index in [1.54, 1.807) is 7.11 Å². The summed E-state index contributed by atoms with van der Waals surface area (Å²) < 4.78 is 5.27. The Kier molecular flexibility index (Phi) is 4.02. The first kappa shape index (κ1) is 13.1. The zero-order chi connectivity index (χ0) is 13.1. The van der Waals surface area contributed by atoms with Crippen LogP contribution in [0.5, 0.6) is 5.75 Å². The molecule has 0 N–H and O–H groups in total. The number of likely N-dealkylation sites (tertiary alicyclic amines) is 1. The van der Waals surface area contributed by atoms with Gasteiger partial charge in [0.25, 0.3) is 0 Å². The lowest BCUT2D eigenvalue weighted by Gasteiger charge is -2.16. The van der Waals surface area contributed by atoms with Crippen LogP contribution in [0.15, 0.2) is 12.1 Å². The first-order valence-corrected chi connectivity index (χ1v) is 6.53. The van der Waals surface area contributed by atoms with E-state index in [0.717, 1.165) is 35.5 Å². The predicted octanol–water partition coefficient (Wildman–Crippen LogP) is 2.59. The number of rotatable bonds is 4. The number of hydrogen-bond acceptors (Lipinski definition) is 3. The molecule has 1 aromatic rings. The third kappa shape index (κ3) is 2.56. The fourth-order valence-electron chi connectivity index (χ4n) is 2.55. The van der Waals surface area contributed by atoms with E-state index in [1.807, 2.05) is 26.0 Å². The second-order valence-corrected chi connectivity index (χ2v) is 4.97. The Morgan fingerprint density at radius 1 is 1.22 bits per heavy atom. The van der Waals surface area contributed by atoms with Crippen LogP contribution in [0.4, 0.5) is 0 Å². The molecule has 1 saturated heterocycles. The summed E-state index contributed by atoms with van der Waals surface area (Å²) in [7, 11) is 1.66. The van der Waals surface area contributed by atoms with Crippen molar-refractivity contribution in [2.24, 2.45) is 0 Å². The first-order chi connectivity index (χ1) is 8.63. The summed E-state index contributed by atoms with van der Waals surface area (Å²) in [5, 5.41) is 0. The van der Waals surface area contributed by atoms with E-state index >= 15 is 0 Å². The van der Waals surface area contributed by atoms with Gasteiger partial charge in [0.1, 0.15) is 5.75 Å². The summed E-state index contributed by atoms with van der Waals surface area (Å²) in [6, 6.07) is 3.78. The number of ketones is 1. The van der Waals surface area contributed by atoms with Crippen molar-refractivity contribution in [2.75, 3.05) is 26.7 Å². The Bertz CT molecular complexity index is 448. The summed E-state index contributed by atoms with van der Waals surface area (Å²) in [5.41, 5.74) is 2.93. The fraction of sp³-hybridized carbons (Fsp3) is 0.533. The van der Waals surface area contributed by atoms with Gasteiger partial charge in [-0.3, -0.25) is 9.69 Å². The van der Waals surface area contributed by atoms with Gasteiger partial charge in [0.2, 0.25) is 0 Å². The molecule has 0 amide bonds. The van der Waals surface area contributed by atoms with Crippen LogP contribution in [0.3, 0.4) is 0 Å². The van der Waals surface area contributed by atoms with E-state index in [-0.39, 0.29) is 5.78 Å². The first-order valence-electron chi connectivity index (χ1n) is 6.53. The maximum Gasteiger partial charge on any atom is 0.177 e. The molecule has 1 aromatic carbocycles. The van der Waals surface area contributed by atoms with Gasteiger partial charge in [-0.1, -0.05) is 0 Å². The maximum absolute atomic E-state index is 12.3. The average Bonchev–Trinajstić information content (AvgIpc) is 2.85. The van der Waals surface area contributed by atoms with Crippen LogP contribution in [0.25, 0.3) is 0 Å². The lowest BCUT2D eigenvalue weighted by atomic mass is 9.99. The van der Waals surface area contributed by atoms with E-state index in [2.05, 4.69) is 4.90 Å². The second kappa shape index (κ2) is 5.53. The van der Waals surface area contributed by atoms with Gasteiger partial charge in [-0.25, -0.2) is 0 Å². The molecule has 1 aliphatic rings. The molecule has 0 unspecified atom stereocenters. The average molecular weight is 247 g/mol. The number of carbonyl (C=O) groups is 1. The molecule has 0 radical (unpaired) electrons. The molecular weight excluding hydrogens is 226 g/mol. The number of methoxy groups -OCH3 is 1. The van der Waals surface area contributed by atoms with Crippen molar-refractivity contribution in [3.8, 4) is 5.75 Å². The molecular formula is C15H21NO2. The molecule has 0 atom stereocenters. The maximum atomic E-state index is 12.3. The third-order valence-corrected chi connectivity index (χ3v) is 3.82. The van der Waals surface area contributed by atoms with E-state index in [0.29, 0.717) is 6.54 Å². The summed E-state index contributed by atoms with van der Waals surface area (Å²) >= 11 is 0. The van der Waals surface area contributed by atoms with E-state index in [4.69, 9.17) is 4.74 Å². The molecule has 18 heavy (non-hydrogen) atoms. The highest BCUT2D eigenvalue weighted by molar-refractivity contribution is 5.99. The van der Waals surface area contributed by atoms with Gasteiger partial charge in [-0.15, -0.1) is 0 Å². The standard InChI is InChI=1S/C15H21NO2/c1-11-12(2)15(18-3)7-6-13(11)14(17)10-16-8-4-5-9-16/h6-7H,4-5,8-10H2,1-3H3. The van der Waals surface area contributed by atoms with Crippen LogP contribution < -0.4 is 4.74 Å². The molecule has 98 valence electrons. The minimum atomic E-state index is 0.222. The second-order valence-electron chi connectivity index (χ2n) is 4.97. The van der Waals surface area contributed by atoms with Crippen LogP contribution >= 0.6 is 0 Å². The van der Waals surface area contributed by atoms with Crippen molar-refractivity contribution in [3.63, 3.8) is 0 Å². The fourth-order valence-corrected chi connectivity index (χ4v) is 2.55.